The third-order valence-electron chi connectivity index (χ3n) is 3.99. The average Bonchev–Trinajstić information content (AvgIpc) is 2.72. The number of aromatic nitrogens is 1. The van der Waals surface area contributed by atoms with E-state index in [4.69, 9.17) is 0 Å². The van der Waals surface area contributed by atoms with Gasteiger partial charge in [-0.3, -0.25) is 4.79 Å². The van der Waals surface area contributed by atoms with Crippen LogP contribution < -0.4 is 5.32 Å². The van der Waals surface area contributed by atoms with E-state index in [-0.39, 0.29) is 18.1 Å². The van der Waals surface area contributed by atoms with Crippen molar-refractivity contribution in [2.24, 2.45) is 5.92 Å². The Balaban J connectivity index is 1.98. The highest BCUT2D eigenvalue weighted by molar-refractivity contribution is 5.76. The minimum absolute atomic E-state index is 0.0306. The molecule has 2 atom stereocenters. The van der Waals surface area contributed by atoms with Crippen molar-refractivity contribution < 1.29 is 9.90 Å². The number of nitrogens with one attached hydrogen (secondary N) is 1. The summed E-state index contributed by atoms with van der Waals surface area (Å²) < 4.78 is 1.89. The van der Waals surface area contributed by atoms with Gasteiger partial charge in [-0.15, -0.1) is 0 Å². The molecular formula is C15H24N2O2. The van der Waals surface area contributed by atoms with E-state index in [0.717, 1.165) is 24.8 Å². The van der Waals surface area contributed by atoms with E-state index in [2.05, 4.69) is 19.2 Å². The van der Waals surface area contributed by atoms with Gasteiger partial charge in [0.15, 0.2) is 0 Å². The largest absolute Gasteiger partial charge is 0.388 e. The molecule has 1 aliphatic carbocycles. The van der Waals surface area contributed by atoms with Crippen molar-refractivity contribution in [3.63, 3.8) is 0 Å². The number of hydrogen-bond donors (Lipinski definition) is 2. The predicted octanol–water partition coefficient (Wildman–Crippen LogP) is 2.02. The Morgan fingerprint density at radius 2 is 2.21 bits per heavy atom. The Bertz CT molecular complexity index is 451. The molecule has 4 heteroatoms. The molecule has 0 saturated carbocycles. The Kier molecular flexibility index (Phi) is 4.30. The Morgan fingerprint density at radius 1 is 1.47 bits per heavy atom. The maximum Gasteiger partial charge on any atom is 0.240 e. The number of aliphatic hydroxyl groups is 1. The summed E-state index contributed by atoms with van der Waals surface area (Å²) in [5, 5.41) is 12.9. The number of aliphatic hydroxyl groups excluding tert-OH is 1. The lowest BCUT2D eigenvalue weighted by Crippen LogP contribution is -2.37. The predicted molar refractivity (Wildman–Crippen MR) is 74.8 cm³/mol. The van der Waals surface area contributed by atoms with Gasteiger partial charge < -0.3 is 15.0 Å². The van der Waals surface area contributed by atoms with Gasteiger partial charge in [0.2, 0.25) is 5.91 Å². The maximum atomic E-state index is 11.9. The van der Waals surface area contributed by atoms with E-state index in [1.54, 1.807) is 0 Å². The van der Waals surface area contributed by atoms with Crippen molar-refractivity contribution in [2.75, 3.05) is 0 Å². The molecule has 0 fully saturated rings. The molecular weight excluding hydrogens is 240 g/mol. The van der Waals surface area contributed by atoms with Crippen molar-refractivity contribution in [3.8, 4) is 0 Å². The highest BCUT2D eigenvalue weighted by Gasteiger charge is 2.20. The molecule has 1 aromatic rings. The van der Waals surface area contributed by atoms with Crippen LogP contribution in [0.15, 0.2) is 12.4 Å². The molecule has 2 rings (SSSR count). The molecule has 0 bridgehead atoms. The SMILES string of the molecule is CC(C)C(C)NC(=O)Cn1cc2c(c1)C(O)CCC2. The average molecular weight is 264 g/mol. The van der Waals surface area contributed by atoms with E-state index in [9.17, 15) is 9.90 Å². The summed E-state index contributed by atoms with van der Waals surface area (Å²) >= 11 is 0. The van der Waals surface area contributed by atoms with Gasteiger partial charge >= 0.3 is 0 Å². The quantitative estimate of drug-likeness (QED) is 0.874. The molecule has 1 aliphatic rings. The summed E-state index contributed by atoms with van der Waals surface area (Å²) in [5.74, 6) is 0.465. The van der Waals surface area contributed by atoms with E-state index in [1.807, 2.05) is 23.9 Å². The molecule has 106 valence electrons. The number of carbonyl (C=O) groups is 1. The second kappa shape index (κ2) is 5.78. The van der Waals surface area contributed by atoms with Crippen LogP contribution in [0.5, 0.6) is 0 Å². The molecule has 2 unspecified atom stereocenters. The van der Waals surface area contributed by atoms with Gasteiger partial charge in [-0.05, 0) is 37.7 Å². The Labute approximate surface area is 114 Å². The van der Waals surface area contributed by atoms with Gasteiger partial charge in [0.05, 0.1) is 6.10 Å². The van der Waals surface area contributed by atoms with Crippen LogP contribution >= 0.6 is 0 Å². The zero-order chi connectivity index (χ0) is 14.0. The number of rotatable bonds is 4. The lowest BCUT2D eigenvalue weighted by Gasteiger charge is -2.17. The molecule has 2 N–H and O–H groups in total. The normalized spacial score (nSPS) is 20.2. The number of hydrogen-bond acceptors (Lipinski definition) is 2. The van der Waals surface area contributed by atoms with E-state index in [1.165, 1.54) is 5.56 Å². The lowest BCUT2D eigenvalue weighted by atomic mass is 9.93. The van der Waals surface area contributed by atoms with Gasteiger partial charge in [0.1, 0.15) is 6.54 Å². The van der Waals surface area contributed by atoms with Crippen LogP contribution in [-0.4, -0.2) is 21.6 Å². The van der Waals surface area contributed by atoms with Gasteiger partial charge in [-0.1, -0.05) is 13.8 Å². The molecule has 19 heavy (non-hydrogen) atoms. The fourth-order valence-electron chi connectivity index (χ4n) is 2.45. The van der Waals surface area contributed by atoms with Crippen LogP contribution in [0.25, 0.3) is 0 Å². The van der Waals surface area contributed by atoms with Gasteiger partial charge in [-0.25, -0.2) is 0 Å². The fourth-order valence-corrected chi connectivity index (χ4v) is 2.45. The fraction of sp³-hybridized carbons (Fsp3) is 0.667. The van der Waals surface area contributed by atoms with Crippen molar-refractivity contribution in [3.05, 3.63) is 23.5 Å². The van der Waals surface area contributed by atoms with E-state index >= 15 is 0 Å². The first-order valence-corrected chi connectivity index (χ1v) is 7.13. The Hall–Kier alpha value is -1.29. The Morgan fingerprint density at radius 3 is 2.84 bits per heavy atom. The molecule has 1 amide bonds. The van der Waals surface area contributed by atoms with Gasteiger partial charge in [0, 0.05) is 24.0 Å². The van der Waals surface area contributed by atoms with Crippen LogP contribution in [0.4, 0.5) is 0 Å². The minimum atomic E-state index is -0.359. The van der Waals surface area contributed by atoms with Crippen molar-refractivity contribution >= 4 is 5.91 Å². The van der Waals surface area contributed by atoms with Crippen LogP contribution in [0.1, 0.15) is 50.8 Å². The van der Waals surface area contributed by atoms with E-state index in [0.29, 0.717) is 12.5 Å². The smallest absolute Gasteiger partial charge is 0.240 e. The highest BCUT2D eigenvalue weighted by Crippen LogP contribution is 2.30. The summed E-state index contributed by atoms with van der Waals surface area (Å²) in [5.41, 5.74) is 2.18. The summed E-state index contributed by atoms with van der Waals surface area (Å²) in [6.07, 6.45) is 6.41. The summed E-state index contributed by atoms with van der Waals surface area (Å²) in [7, 11) is 0. The standard InChI is InChI=1S/C15H24N2O2/c1-10(2)11(3)16-15(19)9-17-7-12-5-4-6-14(18)13(12)8-17/h7-8,10-11,14,18H,4-6,9H2,1-3H3,(H,16,19). The first-order chi connectivity index (χ1) is 8.97. The van der Waals surface area contributed by atoms with Crippen LogP contribution in [0, 0.1) is 5.92 Å². The monoisotopic (exact) mass is 264 g/mol. The topological polar surface area (TPSA) is 54.3 Å². The minimum Gasteiger partial charge on any atom is -0.388 e. The molecule has 4 nitrogen and oxygen atoms in total. The lowest BCUT2D eigenvalue weighted by molar-refractivity contribution is -0.122. The van der Waals surface area contributed by atoms with Gasteiger partial charge in [-0.2, -0.15) is 0 Å². The first-order valence-electron chi connectivity index (χ1n) is 7.13. The third kappa shape index (κ3) is 3.38. The number of nitrogens with zero attached hydrogens (tertiary/aromatic N) is 1. The van der Waals surface area contributed by atoms with Crippen LogP contribution in [0.3, 0.4) is 0 Å². The summed E-state index contributed by atoms with van der Waals surface area (Å²) in [4.78, 5) is 11.9. The summed E-state index contributed by atoms with van der Waals surface area (Å²) in [6.45, 7) is 6.54. The molecule has 0 aromatic carbocycles. The zero-order valence-electron chi connectivity index (χ0n) is 12.0. The molecule has 0 aliphatic heterocycles. The molecule has 0 spiro atoms. The van der Waals surface area contributed by atoms with E-state index < -0.39 is 0 Å². The molecule has 1 heterocycles. The second-order valence-electron chi connectivity index (χ2n) is 5.92. The third-order valence-corrected chi connectivity index (χ3v) is 3.99. The van der Waals surface area contributed by atoms with Crippen LogP contribution in [-0.2, 0) is 17.8 Å². The number of aryl methyl sites for hydroxylation is 1. The summed E-state index contributed by atoms with van der Waals surface area (Å²) in [6, 6.07) is 0.184. The molecule has 1 aromatic heterocycles. The first kappa shape index (κ1) is 14.1. The van der Waals surface area contributed by atoms with Crippen molar-refractivity contribution in [1.82, 2.24) is 9.88 Å². The van der Waals surface area contributed by atoms with Gasteiger partial charge in [0.25, 0.3) is 0 Å². The van der Waals surface area contributed by atoms with Crippen molar-refractivity contribution in [1.29, 1.82) is 0 Å². The molecule has 0 radical (unpaired) electrons. The molecule has 0 saturated heterocycles. The maximum absolute atomic E-state index is 11.9. The van der Waals surface area contributed by atoms with Crippen LogP contribution in [0.2, 0.25) is 0 Å². The number of fused-ring (bicyclic) bond motifs is 1. The highest BCUT2D eigenvalue weighted by atomic mass is 16.3. The number of amides is 1. The second-order valence-corrected chi connectivity index (χ2v) is 5.92. The zero-order valence-corrected chi connectivity index (χ0v) is 12.0. The van der Waals surface area contributed by atoms with Crippen molar-refractivity contribution in [2.45, 2.75) is 58.7 Å². The number of carbonyl (C=O) groups excluding carboxylic acids is 1.